The van der Waals surface area contributed by atoms with Gasteiger partial charge in [-0.1, -0.05) is 18.2 Å². The van der Waals surface area contributed by atoms with Crippen LogP contribution in [0.3, 0.4) is 0 Å². The van der Waals surface area contributed by atoms with E-state index in [9.17, 15) is 4.21 Å². The van der Waals surface area contributed by atoms with Crippen molar-refractivity contribution >= 4 is 10.8 Å². The fraction of sp³-hybridized carbons (Fsp3) is 0.333. The van der Waals surface area contributed by atoms with E-state index in [0.717, 1.165) is 17.1 Å². The molecule has 1 aliphatic rings. The van der Waals surface area contributed by atoms with Crippen LogP contribution in [0.15, 0.2) is 23.1 Å². The molecule has 1 aromatic rings. The molecule has 1 nitrogen and oxygen atoms in total. The largest absolute Gasteiger partial charge is 0.254 e. The van der Waals surface area contributed by atoms with Gasteiger partial charge in [0, 0.05) is 10.6 Å². The normalized spacial score (nSPS) is 21.7. The number of hydrogen-bond donors (Lipinski definition) is 0. The first kappa shape index (κ1) is 7.04. The molecule has 0 bridgehead atoms. The molecule has 0 radical (unpaired) electrons. The van der Waals surface area contributed by atoms with Gasteiger partial charge in [0.15, 0.2) is 0 Å². The minimum absolute atomic E-state index is 0.709. The Morgan fingerprint density at radius 1 is 1.45 bits per heavy atom. The zero-order valence-electron chi connectivity index (χ0n) is 6.46. The Morgan fingerprint density at radius 3 is 3.00 bits per heavy atom. The van der Waals surface area contributed by atoms with Gasteiger partial charge in [-0.25, -0.2) is 0 Å². The number of fused-ring (bicyclic) bond motifs is 1. The van der Waals surface area contributed by atoms with Crippen molar-refractivity contribution in [3.63, 3.8) is 0 Å². The van der Waals surface area contributed by atoms with Crippen LogP contribution in [-0.4, -0.2) is 9.96 Å². The summed E-state index contributed by atoms with van der Waals surface area (Å²) in [7, 11) is -0.709. The zero-order valence-corrected chi connectivity index (χ0v) is 7.28. The molecular formula is C9H10OS. The molecule has 1 heterocycles. The van der Waals surface area contributed by atoms with E-state index in [1.165, 1.54) is 11.1 Å². The highest BCUT2D eigenvalue weighted by Crippen LogP contribution is 2.25. The summed E-state index contributed by atoms with van der Waals surface area (Å²) in [5.74, 6) is 0.820. The number of aryl methyl sites for hydroxylation is 2. The lowest BCUT2D eigenvalue weighted by atomic mass is 10.1. The van der Waals surface area contributed by atoms with Gasteiger partial charge < -0.3 is 0 Å². The van der Waals surface area contributed by atoms with Crippen LogP contribution >= 0.6 is 0 Å². The first-order chi connectivity index (χ1) is 5.29. The second-order valence-electron chi connectivity index (χ2n) is 2.86. The van der Waals surface area contributed by atoms with E-state index in [0.29, 0.717) is 0 Å². The monoisotopic (exact) mass is 166 g/mol. The molecule has 1 unspecified atom stereocenters. The van der Waals surface area contributed by atoms with E-state index in [2.05, 4.69) is 6.07 Å². The van der Waals surface area contributed by atoms with E-state index in [4.69, 9.17) is 0 Å². The Labute approximate surface area is 68.9 Å². The molecule has 58 valence electrons. The highest BCUT2D eigenvalue weighted by molar-refractivity contribution is 7.85. The molecule has 1 aromatic carbocycles. The van der Waals surface area contributed by atoms with Crippen molar-refractivity contribution in [2.24, 2.45) is 0 Å². The lowest BCUT2D eigenvalue weighted by molar-refractivity contribution is 0.685. The Kier molecular flexibility index (Phi) is 1.57. The molecule has 2 heteroatoms. The molecule has 0 N–H and O–H groups in total. The Balaban J connectivity index is 2.68. The highest BCUT2D eigenvalue weighted by atomic mass is 32.2. The van der Waals surface area contributed by atoms with Crippen LogP contribution in [0, 0.1) is 6.92 Å². The van der Waals surface area contributed by atoms with E-state index in [1.807, 2.05) is 19.1 Å². The SMILES string of the molecule is Cc1cccc2c1S(=O)CC2. The molecule has 1 atom stereocenters. The summed E-state index contributed by atoms with van der Waals surface area (Å²) in [6.07, 6.45) is 0.990. The third kappa shape index (κ3) is 1.02. The molecule has 0 saturated carbocycles. The van der Waals surface area contributed by atoms with Gasteiger partial charge in [0.1, 0.15) is 0 Å². The maximum absolute atomic E-state index is 11.4. The van der Waals surface area contributed by atoms with Gasteiger partial charge in [-0.05, 0) is 24.5 Å². The van der Waals surface area contributed by atoms with E-state index >= 15 is 0 Å². The van der Waals surface area contributed by atoms with E-state index in [-0.39, 0.29) is 0 Å². The lowest BCUT2D eigenvalue weighted by Gasteiger charge is -1.99. The summed E-state index contributed by atoms with van der Waals surface area (Å²) in [5.41, 5.74) is 2.46. The van der Waals surface area contributed by atoms with Crippen LogP contribution in [0.1, 0.15) is 11.1 Å². The molecule has 1 aliphatic heterocycles. The van der Waals surface area contributed by atoms with Crippen molar-refractivity contribution in [2.45, 2.75) is 18.2 Å². The van der Waals surface area contributed by atoms with Gasteiger partial charge in [0.2, 0.25) is 0 Å². The molecule has 2 rings (SSSR count). The van der Waals surface area contributed by atoms with Gasteiger partial charge in [0.25, 0.3) is 0 Å². The summed E-state index contributed by atoms with van der Waals surface area (Å²) >= 11 is 0. The second kappa shape index (κ2) is 2.45. The third-order valence-electron chi connectivity index (χ3n) is 2.08. The second-order valence-corrected chi connectivity index (χ2v) is 4.37. The van der Waals surface area contributed by atoms with E-state index in [1.54, 1.807) is 0 Å². The van der Waals surface area contributed by atoms with Crippen molar-refractivity contribution in [3.05, 3.63) is 29.3 Å². The predicted molar refractivity (Wildman–Crippen MR) is 46.2 cm³/mol. The fourth-order valence-corrected chi connectivity index (χ4v) is 3.04. The lowest BCUT2D eigenvalue weighted by Crippen LogP contribution is -1.90. The van der Waals surface area contributed by atoms with Crippen LogP contribution in [0.4, 0.5) is 0 Å². The average Bonchev–Trinajstić information content (AvgIpc) is 2.34. The van der Waals surface area contributed by atoms with Gasteiger partial charge >= 0.3 is 0 Å². The standard InChI is InChI=1S/C9H10OS/c1-7-3-2-4-8-5-6-11(10)9(7)8/h2-4H,5-6H2,1H3. The van der Waals surface area contributed by atoms with Gasteiger partial charge in [-0.3, -0.25) is 4.21 Å². The molecule has 0 spiro atoms. The van der Waals surface area contributed by atoms with Crippen LogP contribution in [0.2, 0.25) is 0 Å². The van der Waals surface area contributed by atoms with Crippen LogP contribution in [-0.2, 0) is 17.2 Å². The van der Waals surface area contributed by atoms with Gasteiger partial charge in [-0.15, -0.1) is 0 Å². The van der Waals surface area contributed by atoms with Gasteiger partial charge in [0.05, 0.1) is 10.8 Å². The fourth-order valence-electron chi connectivity index (χ4n) is 1.54. The Bertz CT molecular complexity index is 317. The molecular weight excluding hydrogens is 156 g/mol. The molecule has 0 amide bonds. The topological polar surface area (TPSA) is 17.1 Å². The van der Waals surface area contributed by atoms with Crippen LogP contribution < -0.4 is 0 Å². The number of hydrogen-bond acceptors (Lipinski definition) is 1. The zero-order chi connectivity index (χ0) is 7.84. The maximum atomic E-state index is 11.4. The van der Waals surface area contributed by atoms with Crippen molar-refractivity contribution in [1.29, 1.82) is 0 Å². The Hall–Kier alpha value is -0.630. The van der Waals surface area contributed by atoms with Gasteiger partial charge in [-0.2, -0.15) is 0 Å². The molecule has 0 fully saturated rings. The first-order valence-corrected chi connectivity index (χ1v) is 5.08. The highest BCUT2D eigenvalue weighted by Gasteiger charge is 2.18. The van der Waals surface area contributed by atoms with Crippen molar-refractivity contribution in [1.82, 2.24) is 0 Å². The maximum Gasteiger partial charge on any atom is 0.0538 e. The van der Waals surface area contributed by atoms with Crippen LogP contribution in [0.25, 0.3) is 0 Å². The quantitative estimate of drug-likeness (QED) is 0.573. The van der Waals surface area contributed by atoms with E-state index < -0.39 is 10.8 Å². The van der Waals surface area contributed by atoms with Crippen molar-refractivity contribution in [3.8, 4) is 0 Å². The summed E-state index contributed by atoms with van der Waals surface area (Å²) in [4.78, 5) is 1.09. The average molecular weight is 166 g/mol. The van der Waals surface area contributed by atoms with Crippen LogP contribution in [0.5, 0.6) is 0 Å². The first-order valence-electron chi connectivity index (χ1n) is 3.76. The summed E-state index contributed by atoms with van der Waals surface area (Å²) in [6.45, 7) is 2.03. The third-order valence-corrected chi connectivity index (χ3v) is 3.69. The van der Waals surface area contributed by atoms with Crippen molar-refractivity contribution in [2.75, 3.05) is 5.75 Å². The number of rotatable bonds is 0. The summed E-state index contributed by atoms with van der Waals surface area (Å²) < 4.78 is 11.4. The minimum Gasteiger partial charge on any atom is -0.254 e. The smallest absolute Gasteiger partial charge is 0.0538 e. The minimum atomic E-state index is -0.709. The predicted octanol–water partition coefficient (Wildman–Crippen LogP) is 1.66. The Morgan fingerprint density at radius 2 is 2.27 bits per heavy atom. The molecule has 0 saturated heterocycles. The molecule has 11 heavy (non-hydrogen) atoms. The summed E-state index contributed by atoms with van der Waals surface area (Å²) in [6, 6.07) is 6.14. The molecule has 0 aromatic heterocycles. The van der Waals surface area contributed by atoms with Crippen molar-refractivity contribution < 1.29 is 4.21 Å². The number of benzene rings is 1. The molecule has 0 aliphatic carbocycles. The summed E-state index contributed by atoms with van der Waals surface area (Å²) in [5, 5.41) is 0.